The van der Waals surface area contributed by atoms with Crippen LogP contribution in [-0.2, 0) is 10.0 Å². The largest absolute Gasteiger partial charge is 0.331 e. The molecule has 1 atom stereocenters. The van der Waals surface area contributed by atoms with Gasteiger partial charge in [0.15, 0.2) is 0 Å². The molecule has 4 aromatic carbocycles. The first kappa shape index (κ1) is 23.6. The first-order valence-electron chi connectivity index (χ1n) is 10.7. The van der Waals surface area contributed by atoms with Gasteiger partial charge in [0.2, 0.25) is 0 Å². The molecule has 8 heteroatoms. The predicted molar refractivity (Wildman–Crippen MR) is 138 cm³/mol. The number of aryl methyl sites for hydroxylation is 1. The van der Waals surface area contributed by atoms with Crippen LogP contribution in [0.2, 0.25) is 5.02 Å². The minimum atomic E-state index is -3.87. The number of urea groups is 1. The van der Waals surface area contributed by atoms with Crippen molar-refractivity contribution in [2.24, 2.45) is 0 Å². The Labute approximate surface area is 204 Å². The average molecular weight is 494 g/mol. The third-order valence-electron chi connectivity index (χ3n) is 5.47. The second-order valence-corrected chi connectivity index (χ2v) is 10.1. The molecule has 0 aliphatic heterocycles. The lowest BCUT2D eigenvalue weighted by atomic mass is 10.00. The van der Waals surface area contributed by atoms with E-state index in [1.165, 1.54) is 6.07 Å². The Morgan fingerprint density at radius 3 is 2.32 bits per heavy atom. The highest BCUT2D eigenvalue weighted by molar-refractivity contribution is 7.92. The number of carbonyl (C=O) groups is 1. The summed E-state index contributed by atoms with van der Waals surface area (Å²) in [6.45, 7) is 3.60. The molecule has 0 fully saturated rings. The van der Waals surface area contributed by atoms with Crippen molar-refractivity contribution in [2.45, 2.75) is 24.8 Å². The molecule has 174 valence electrons. The zero-order valence-electron chi connectivity index (χ0n) is 18.7. The van der Waals surface area contributed by atoms with Crippen molar-refractivity contribution in [3.63, 3.8) is 0 Å². The fourth-order valence-electron chi connectivity index (χ4n) is 3.77. The topological polar surface area (TPSA) is 87.3 Å². The van der Waals surface area contributed by atoms with Crippen molar-refractivity contribution in [1.29, 1.82) is 0 Å². The molecule has 0 saturated carbocycles. The number of carbonyl (C=O) groups excluding carboxylic acids is 1. The van der Waals surface area contributed by atoms with E-state index in [1.807, 2.05) is 49.4 Å². The van der Waals surface area contributed by atoms with Crippen LogP contribution in [0.25, 0.3) is 10.8 Å². The Bertz CT molecular complexity index is 1450. The van der Waals surface area contributed by atoms with E-state index in [0.29, 0.717) is 22.0 Å². The summed E-state index contributed by atoms with van der Waals surface area (Å²) in [5, 5.41) is 8.34. The first-order valence-corrected chi connectivity index (χ1v) is 12.5. The highest BCUT2D eigenvalue weighted by atomic mass is 35.5. The van der Waals surface area contributed by atoms with Gasteiger partial charge < -0.3 is 10.6 Å². The maximum atomic E-state index is 13.0. The summed E-state index contributed by atoms with van der Waals surface area (Å²) in [6.07, 6.45) is 0. The van der Waals surface area contributed by atoms with Gasteiger partial charge in [0.1, 0.15) is 0 Å². The molecule has 3 N–H and O–H groups in total. The van der Waals surface area contributed by atoms with Crippen LogP contribution >= 0.6 is 11.6 Å². The van der Waals surface area contributed by atoms with E-state index in [0.717, 1.165) is 16.3 Å². The molecule has 1 unspecified atom stereocenters. The van der Waals surface area contributed by atoms with E-state index in [9.17, 15) is 13.2 Å². The third-order valence-corrected chi connectivity index (χ3v) is 7.24. The summed E-state index contributed by atoms with van der Waals surface area (Å²) in [5.74, 6) is 0. The van der Waals surface area contributed by atoms with Gasteiger partial charge in [-0.15, -0.1) is 0 Å². The van der Waals surface area contributed by atoms with Crippen molar-refractivity contribution in [3.8, 4) is 0 Å². The van der Waals surface area contributed by atoms with Crippen LogP contribution in [0.5, 0.6) is 0 Å². The standard InChI is InChI=1S/C26H24ClN3O3S/c1-17-10-13-22(16-25(17)34(32,33)30-21-14-11-20(27)12-15-21)29-26(31)28-18(2)23-9-5-7-19-6-3-4-8-24(19)23/h3-16,18,30H,1-2H3,(H2,28,29,31). The molecule has 0 aromatic heterocycles. The molecule has 6 nitrogen and oxygen atoms in total. The van der Waals surface area contributed by atoms with E-state index in [4.69, 9.17) is 11.6 Å². The van der Waals surface area contributed by atoms with Gasteiger partial charge in [0, 0.05) is 16.4 Å². The number of fused-ring (bicyclic) bond motifs is 1. The van der Waals surface area contributed by atoms with Crippen molar-refractivity contribution in [3.05, 3.63) is 101 Å². The van der Waals surface area contributed by atoms with Crippen LogP contribution < -0.4 is 15.4 Å². The number of rotatable bonds is 6. The van der Waals surface area contributed by atoms with Crippen LogP contribution in [0.15, 0.2) is 89.8 Å². The minimum Gasteiger partial charge on any atom is -0.331 e. The van der Waals surface area contributed by atoms with Gasteiger partial charge in [-0.2, -0.15) is 0 Å². The summed E-state index contributed by atoms with van der Waals surface area (Å²) in [4.78, 5) is 12.8. The molecule has 0 radical (unpaired) electrons. The van der Waals surface area contributed by atoms with Crippen LogP contribution in [0, 0.1) is 6.92 Å². The number of amides is 2. The molecule has 0 aliphatic carbocycles. The summed E-state index contributed by atoms with van der Waals surface area (Å²) in [5.41, 5.74) is 2.30. The van der Waals surface area contributed by atoms with Crippen molar-refractivity contribution >= 4 is 49.8 Å². The molecule has 2 amide bonds. The van der Waals surface area contributed by atoms with Crippen LogP contribution in [-0.4, -0.2) is 14.4 Å². The molecular formula is C26H24ClN3O3S. The van der Waals surface area contributed by atoms with Gasteiger partial charge in [-0.05, 0) is 72.1 Å². The van der Waals surface area contributed by atoms with Crippen LogP contribution in [0.1, 0.15) is 24.1 Å². The number of anilines is 2. The molecule has 0 saturated heterocycles. The summed E-state index contributed by atoms with van der Waals surface area (Å²) < 4.78 is 28.5. The highest BCUT2D eigenvalue weighted by Gasteiger charge is 2.19. The molecule has 0 aliphatic rings. The van der Waals surface area contributed by atoms with Gasteiger partial charge in [0.05, 0.1) is 10.9 Å². The molecule has 4 aromatic rings. The molecule has 34 heavy (non-hydrogen) atoms. The predicted octanol–water partition coefficient (Wildman–Crippen LogP) is 6.49. The van der Waals surface area contributed by atoms with E-state index in [2.05, 4.69) is 15.4 Å². The number of hydrogen-bond acceptors (Lipinski definition) is 3. The number of hydrogen-bond donors (Lipinski definition) is 3. The van der Waals surface area contributed by atoms with E-state index in [1.54, 1.807) is 43.3 Å². The van der Waals surface area contributed by atoms with Gasteiger partial charge in [0.25, 0.3) is 10.0 Å². The fourth-order valence-corrected chi connectivity index (χ4v) is 5.22. The lowest BCUT2D eigenvalue weighted by Gasteiger charge is -2.18. The molecular weight excluding hydrogens is 470 g/mol. The van der Waals surface area contributed by atoms with Crippen LogP contribution in [0.4, 0.5) is 16.2 Å². The number of sulfonamides is 1. The number of benzene rings is 4. The van der Waals surface area contributed by atoms with Gasteiger partial charge in [-0.3, -0.25) is 4.72 Å². The maximum Gasteiger partial charge on any atom is 0.319 e. The summed E-state index contributed by atoms with van der Waals surface area (Å²) >= 11 is 5.87. The van der Waals surface area contributed by atoms with Crippen molar-refractivity contribution in [1.82, 2.24) is 5.32 Å². The molecule has 0 bridgehead atoms. The molecule has 4 rings (SSSR count). The van der Waals surface area contributed by atoms with E-state index < -0.39 is 16.1 Å². The van der Waals surface area contributed by atoms with Crippen molar-refractivity contribution < 1.29 is 13.2 Å². The quantitative estimate of drug-likeness (QED) is 0.287. The van der Waals surface area contributed by atoms with Gasteiger partial charge in [-0.25, -0.2) is 13.2 Å². The Morgan fingerprint density at radius 2 is 1.56 bits per heavy atom. The third kappa shape index (κ3) is 5.32. The van der Waals surface area contributed by atoms with Crippen LogP contribution in [0.3, 0.4) is 0 Å². The zero-order valence-corrected chi connectivity index (χ0v) is 20.2. The maximum absolute atomic E-state index is 13.0. The second-order valence-electron chi connectivity index (χ2n) is 7.98. The van der Waals surface area contributed by atoms with Gasteiger partial charge >= 0.3 is 6.03 Å². The SMILES string of the molecule is Cc1ccc(NC(=O)NC(C)c2cccc3ccccc23)cc1S(=O)(=O)Nc1ccc(Cl)cc1. The zero-order chi connectivity index (χ0) is 24.3. The normalized spacial score (nSPS) is 12.2. The smallest absolute Gasteiger partial charge is 0.319 e. The summed E-state index contributed by atoms with van der Waals surface area (Å²) in [6, 6.07) is 24.4. The monoisotopic (exact) mass is 493 g/mol. The summed E-state index contributed by atoms with van der Waals surface area (Å²) in [7, 11) is -3.87. The minimum absolute atomic E-state index is 0.0716. The Balaban J connectivity index is 1.50. The Kier molecular flexibility index (Phi) is 6.77. The lowest BCUT2D eigenvalue weighted by Crippen LogP contribution is -2.31. The Morgan fingerprint density at radius 1 is 0.882 bits per heavy atom. The second kappa shape index (κ2) is 9.75. The molecule has 0 spiro atoms. The highest BCUT2D eigenvalue weighted by Crippen LogP contribution is 2.26. The van der Waals surface area contributed by atoms with E-state index >= 15 is 0 Å². The first-order chi connectivity index (χ1) is 16.2. The fraction of sp³-hybridized carbons (Fsp3) is 0.115. The van der Waals surface area contributed by atoms with Gasteiger partial charge in [-0.1, -0.05) is 60.1 Å². The lowest BCUT2D eigenvalue weighted by molar-refractivity contribution is 0.249. The number of halogens is 1. The van der Waals surface area contributed by atoms with E-state index in [-0.39, 0.29) is 10.9 Å². The number of nitrogens with one attached hydrogen (secondary N) is 3. The Hall–Kier alpha value is -3.55. The average Bonchev–Trinajstić information content (AvgIpc) is 2.81. The molecule has 0 heterocycles. The van der Waals surface area contributed by atoms with Crippen molar-refractivity contribution in [2.75, 3.05) is 10.0 Å².